The summed E-state index contributed by atoms with van der Waals surface area (Å²) in [5.41, 5.74) is 6.33. The first-order valence-corrected chi connectivity index (χ1v) is 6.34. The van der Waals surface area contributed by atoms with E-state index in [0.717, 1.165) is 17.2 Å². The molecule has 3 N–H and O–H groups in total. The van der Waals surface area contributed by atoms with Crippen molar-refractivity contribution in [2.75, 3.05) is 11.1 Å². The molecule has 0 spiro atoms. The van der Waals surface area contributed by atoms with E-state index in [9.17, 15) is 0 Å². The number of hydrogen-bond acceptors (Lipinski definition) is 6. The standard InChI is InChI=1S/C15H13N5O/c16-14-17-10-18-15(20-14)19-11-6-8-13(9-7-11)21-12-4-2-1-3-5-12/h1-10H,(H3,16,17,18,19,20). The van der Waals surface area contributed by atoms with Crippen LogP contribution in [0.1, 0.15) is 0 Å². The summed E-state index contributed by atoms with van der Waals surface area (Å²) in [6, 6.07) is 17.1. The van der Waals surface area contributed by atoms with Gasteiger partial charge in [-0.3, -0.25) is 0 Å². The van der Waals surface area contributed by atoms with Crippen LogP contribution in [0, 0.1) is 0 Å². The molecule has 0 saturated heterocycles. The Hall–Kier alpha value is -3.15. The van der Waals surface area contributed by atoms with Crippen LogP contribution in [0.5, 0.6) is 11.5 Å². The van der Waals surface area contributed by atoms with Gasteiger partial charge >= 0.3 is 0 Å². The fourth-order valence-corrected chi connectivity index (χ4v) is 1.73. The second kappa shape index (κ2) is 5.87. The zero-order valence-electron chi connectivity index (χ0n) is 11.1. The second-order valence-electron chi connectivity index (χ2n) is 4.23. The summed E-state index contributed by atoms with van der Waals surface area (Å²) in [6.45, 7) is 0. The van der Waals surface area contributed by atoms with Gasteiger partial charge in [0.25, 0.3) is 0 Å². The molecule has 6 heteroatoms. The van der Waals surface area contributed by atoms with Crippen LogP contribution in [-0.2, 0) is 0 Å². The Morgan fingerprint density at radius 2 is 1.57 bits per heavy atom. The van der Waals surface area contributed by atoms with Crippen molar-refractivity contribution in [2.24, 2.45) is 0 Å². The molecule has 0 unspecified atom stereocenters. The minimum Gasteiger partial charge on any atom is -0.457 e. The van der Waals surface area contributed by atoms with Gasteiger partial charge in [0.1, 0.15) is 17.8 Å². The molecule has 1 aromatic heterocycles. The van der Waals surface area contributed by atoms with Gasteiger partial charge in [-0.05, 0) is 36.4 Å². The van der Waals surface area contributed by atoms with Gasteiger partial charge in [-0.25, -0.2) is 9.97 Å². The van der Waals surface area contributed by atoms with E-state index in [1.807, 2.05) is 54.6 Å². The molecule has 2 aromatic carbocycles. The fraction of sp³-hybridized carbons (Fsp3) is 0. The topological polar surface area (TPSA) is 86.0 Å². The van der Waals surface area contributed by atoms with E-state index < -0.39 is 0 Å². The van der Waals surface area contributed by atoms with Gasteiger partial charge in [0, 0.05) is 5.69 Å². The lowest BCUT2D eigenvalue weighted by atomic mass is 10.3. The lowest BCUT2D eigenvalue weighted by molar-refractivity contribution is 0.483. The molecule has 0 aliphatic rings. The maximum absolute atomic E-state index is 5.71. The number of nitrogens with zero attached hydrogens (tertiary/aromatic N) is 3. The molecule has 1 heterocycles. The van der Waals surface area contributed by atoms with E-state index in [4.69, 9.17) is 10.5 Å². The van der Waals surface area contributed by atoms with Gasteiger partial charge in [0.2, 0.25) is 11.9 Å². The van der Waals surface area contributed by atoms with Crippen molar-refractivity contribution < 1.29 is 4.74 Å². The Morgan fingerprint density at radius 1 is 0.857 bits per heavy atom. The minimum absolute atomic E-state index is 0.177. The molecular weight excluding hydrogens is 266 g/mol. The number of benzene rings is 2. The molecule has 3 rings (SSSR count). The third-order valence-electron chi connectivity index (χ3n) is 2.68. The average molecular weight is 279 g/mol. The molecule has 0 radical (unpaired) electrons. The Balaban J connectivity index is 1.69. The predicted octanol–water partition coefficient (Wildman–Crippen LogP) is 2.99. The van der Waals surface area contributed by atoms with Gasteiger partial charge < -0.3 is 15.8 Å². The van der Waals surface area contributed by atoms with Crippen molar-refractivity contribution in [3.05, 3.63) is 60.9 Å². The molecule has 3 aromatic rings. The average Bonchev–Trinajstić information content (AvgIpc) is 2.50. The van der Waals surface area contributed by atoms with Crippen LogP contribution in [0.25, 0.3) is 0 Å². The van der Waals surface area contributed by atoms with Gasteiger partial charge in [0.05, 0.1) is 0 Å². The van der Waals surface area contributed by atoms with Crippen molar-refractivity contribution in [2.45, 2.75) is 0 Å². The zero-order valence-corrected chi connectivity index (χ0v) is 11.1. The number of hydrogen-bond donors (Lipinski definition) is 2. The normalized spacial score (nSPS) is 10.1. The highest BCUT2D eigenvalue weighted by atomic mass is 16.5. The molecule has 0 aliphatic heterocycles. The van der Waals surface area contributed by atoms with Crippen LogP contribution < -0.4 is 15.8 Å². The Morgan fingerprint density at radius 3 is 2.29 bits per heavy atom. The van der Waals surface area contributed by atoms with Crippen LogP contribution in [0.4, 0.5) is 17.6 Å². The Bertz CT molecular complexity index is 716. The summed E-state index contributed by atoms with van der Waals surface area (Å²) >= 11 is 0. The summed E-state index contributed by atoms with van der Waals surface area (Å²) in [6.07, 6.45) is 1.36. The van der Waals surface area contributed by atoms with Gasteiger partial charge in [0.15, 0.2) is 0 Å². The van der Waals surface area contributed by atoms with Crippen LogP contribution >= 0.6 is 0 Å². The van der Waals surface area contributed by atoms with Crippen LogP contribution in [0.3, 0.4) is 0 Å². The molecule has 0 bridgehead atoms. The minimum atomic E-state index is 0.177. The maximum Gasteiger partial charge on any atom is 0.231 e. The molecule has 0 saturated carbocycles. The summed E-state index contributed by atoms with van der Waals surface area (Å²) in [5.74, 6) is 2.13. The number of rotatable bonds is 4. The van der Waals surface area contributed by atoms with Gasteiger partial charge in [-0.2, -0.15) is 4.98 Å². The number of nitrogens with two attached hydrogens (primary N) is 1. The molecule has 0 aliphatic carbocycles. The van der Waals surface area contributed by atoms with Gasteiger partial charge in [-0.15, -0.1) is 0 Å². The van der Waals surface area contributed by atoms with Crippen LogP contribution in [0.2, 0.25) is 0 Å². The first-order chi connectivity index (χ1) is 10.3. The molecular formula is C15H13N5O. The lowest BCUT2D eigenvalue weighted by Crippen LogP contribution is -2.01. The summed E-state index contributed by atoms with van der Waals surface area (Å²) in [7, 11) is 0. The van der Waals surface area contributed by atoms with Crippen molar-refractivity contribution >= 4 is 17.6 Å². The van der Waals surface area contributed by atoms with Crippen molar-refractivity contribution in [3.63, 3.8) is 0 Å². The number of nitrogen functional groups attached to an aromatic ring is 1. The van der Waals surface area contributed by atoms with Crippen molar-refractivity contribution in [1.29, 1.82) is 0 Å². The second-order valence-corrected chi connectivity index (χ2v) is 4.23. The summed E-state index contributed by atoms with van der Waals surface area (Å²) in [5, 5.41) is 3.04. The Kier molecular flexibility index (Phi) is 3.60. The molecule has 104 valence electrons. The van der Waals surface area contributed by atoms with E-state index in [1.165, 1.54) is 6.33 Å². The quantitative estimate of drug-likeness (QED) is 0.763. The monoisotopic (exact) mass is 279 g/mol. The van der Waals surface area contributed by atoms with E-state index in [0.29, 0.717) is 5.95 Å². The predicted molar refractivity (Wildman–Crippen MR) is 80.5 cm³/mol. The first-order valence-electron chi connectivity index (χ1n) is 6.34. The largest absolute Gasteiger partial charge is 0.457 e. The van der Waals surface area contributed by atoms with E-state index >= 15 is 0 Å². The van der Waals surface area contributed by atoms with Crippen molar-refractivity contribution in [3.8, 4) is 11.5 Å². The molecule has 6 nitrogen and oxygen atoms in total. The molecule has 21 heavy (non-hydrogen) atoms. The van der Waals surface area contributed by atoms with Crippen LogP contribution in [0.15, 0.2) is 60.9 Å². The number of para-hydroxylation sites is 1. The highest BCUT2D eigenvalue weighted by Crippen LogP contribution is 2.23. The SMILES string of the molecule is Nc1ncnc(Nc2ccc(Oc3ccccc3)cc2)n1. The first kappa shape index (κ1) is 12.9. The van der Waals surface area contributed by atoms with Crippen molar-refractivity contribution in [1.82, 2.24) is 15.0 Å². The fourth-order valence-electron chi connectivity index (χ4n) is 1.73. The maximum atomic E-state index is 5.71. The number of aromatic nitrogens is 3. The molecule has 0 fully saturated rings. The number of nitrogens with one attached hydrogen (secondary N) is 1. The highest BCUT2D eigenvalue weighted by molar-refractivity contribution is 5.55. The summed E-state index contributed by atoms with van der Waals surface area (Å²) in [4.78, 5) is 11.7. The lowest BCUT2D eigenvalue weighted by Gasteiger charge is -2.07. The Labute approximate surface area is 121 Å². The van der Waals surface area contributed by atoms with E-state index in [1.54, 1.807) is 0 Å². The highest BCUT2D eigenvalue weighted by Gasteiger charge is 2.00. The number of anilines is 3. The third kappa shape index (κ3) is 3.44. The van der Waals surface area contributed by atoms with E-state index in [2.05, 4.69) is 20.3 Å². The number of ether oxygens (including phenoxy) is 1. The zero-order chi connectivity index (χ0) is 14.5. The van der Waals surface area contributed by atoms with Gasteiger partial charge in [-0.1, -0.05) is 18.2 Å². The third-order valence-corrected chi connectivity index (χ3v) is 2.68. The van der Waals surface area contributed by atoms with E-state index in [-0.39, 0.29) is 5.95 Å². The summed E-state index contributed by atoms with van der Waals surface area (Å²) < 4.78 is 5.71. The molecule has 0 atom stereocenters. The molecule has 0 amide bonds. The van der Waals surface area contributed by atoms with Crippen LogP contribution in [-0.4, -0.2) is 15.0 Å². The smallest absolute Gasteiger partial charge is 0.231 e.